The average Bonchev–Trinajstić information content (AvgIpc) is 2.66. The smallest absolute Gasteiger partial charge is 0.303 e. The van der Waals surface area contributed by atoms with Gasteiger partial charge in [-0.3, -0.25) is 4.79 Å². The van der Waals surface area contributed by atoms with Crippen LogP contribution in [0.1, 0.15) is 131 Å². The summed E-state index contributed by atoms with van der Waals surface area (Å²) >= 11 is 0. The Morgan fingerprint density at radius 2 is 1.27 bits per heavy atom. The van der Waals surface area contributed by atoms with Crippen LogP contribution in [0.15, 0.2) is 23.3 Å². The molecule has 178 valence electrons. The molecule has 3 nitrogen and oxygen atoms in total. The summed E-state index contributed by atoms with van der Waals surface area (Å²) in [5, 5.41) is 17.1. The van der Waals surface area contributed by atoms with Crippen LogP contribution in [-0.4, -0.2) is 22.8 Å². The molecule has 0 heterocycles. The highest BCUT2D eigenvalue weighted by Gasteiger charge is 1.97. The van der Waals surface area contributed by atoms with E-state index in [4.69, 9.17) is 10.2 Å². The first-order valence-electron chi connectivity index (χ1n) is 12.5. The van der Waals surface area contributed by atoms with Gasteiger partial charge in [-0.2, -0.15) is 0 Å². The number of hydrogen-bond donors (Lipinski definition) is 2. The van der Waals surface area contributed by atoms with E-state index < -0.39 is 5.97 Å². The molecule has 0 rings (SSSR count). The maximum absolute atomic E-state index is 10.3. The van der Waals surface area contributed by atoms with Crippen LogP contribution in [0.4, 0.5) is 0 Å². The van der Waals surface area contributed by atoms with Gasteiger partial charge in [0.2, 0.25) is 0 Å². The van der Waals surface area contributed by atoms with Crippen molar-refractivity contribution in [3.63, 3.8) is 0 Å². The summed E-state index contributed by atoms with van der Waals surface area (Å²) in [6.07, 6.45) is 21.9. The Morgan fingerprint density at radius 3 is 1.70 bits per heavy atom. The SMILES string of the molecule is CC(=CCC/C(C)=C/CO)CC(C)C.CCCCCCCCCCCCCC(=O)O. The van der Waals surface area contributed by atoms with Crippen molar-refractivity contribution in [3.05, 3.63) is 23.3 Å². The second kappa shape index (κ2) is 24.2. The second-order valence-electron chi connectivity index (χ2n) is 9.10. The van der Waals surface area contributed by atoms with Crippen LogP contribution in [0.25, 0.3) is 0 Å². The minimum Gasteiger partial charge on any atom is -0.481 e. The number of aliphatic carboxylic acids is 1. The van der Waals surface area contributed by atoms with Crippen LogP contribution in [0, 0.1) is 5.92 Å². The summed E-state index contributed by atoms with van der Waals surface area (Å²) < 4.78 is 0. The lowest BCUT2D eigenvalue weighted by Crippen LogP contribution is -1.93. The Hall–Kier alpha value is -1.09. The van der Waals surface area contributed by atoms with Crippen LogP contribution >= 0.6 is 0 Å². The lowest BCUT2D eigenvalue weighted by Gasteiger charge is -2.04. The maximum atomic E-state index is 10.3. The van der Waals surface area contributed by atoms with Gasteiger partial charge in [-0.25, -0.2) is 0 Å². The fourth-order valence-corrected chi connectivity index (χ4v) is 3.47. The van der Waals surface area contributed by atoms with E-state index >= 15 is 0 Å². The molecular formula is C27H52O3. The summed E-state index contributed by atoms with van der Waals surface area (Å²) in [4.78, 5) is 10.3. The van der Waals surface area contributed by atoms with Crippen molar-refractivity contribution in [3.8, 4) is 0 Å². The number of unbranched alkanes of at least 4 members (excludes halogenated alkanes) is 10. The monoisotopic (exact) mass is 424 g/mol. The Kier molecular flexibility index (Phi) is 25.1. The molecule has 0 aromatic heterocycles. The molecule has 0 saturated carbocycles. The first-order valence-corrected chi connectivity index (χ1v) is 12.5. The highest BCUT2D eigenvalue weighted by Crippen LogP contribution is 2.13. The van der Waals surface area contributed by atoms with Crippen molar-refractivity contribution in [2.75, 3.05) is 6.61 Å². The summed E-state index contributed by atoms with van der Waals surface area (Å²) in [6.45, 7) is 11.2. The zero-order valence-electron chi connectivity index (χ0n) is 20.8. The lowest BCUT2D eigenvalue weighted by atomic mass is 10.0. The first-order chi connectivity index (χ1) is 14.3. The van der Waals surface area contributed by atoms with Gasteiger partial charge in [0.1, 0.15) is 0 Å². The van der Waals surface area contributed by atoms with Crippen molar-refractivity contribution < 1.29 is 15.0 Å². The third-order valence-corrected chi connectivity index (χ3v) is 5.20. The van der Waals surface area contributed by atoms with E-state index in [0.717, 1.165) is 31.6 Å². The molecule has 0 aromatic rings. The molecule has 0 aliphatic heterocycles. The molecule has 0 amide bonds. The van der Waals surface area contributed by atoms with Crippen molar-refractivity contribution in [1.82, 2.24) is 0 Å². The molecule has 0 bridgehead atoms. The van der Waals surface area contributed by atoms with Gasteiger partial charge in [0.05, 0.1) is 6.61 Å². The molecule has 0 fully saturated rings. The van der Waals surface area contributed by atoms with E-state index in [2.05, 4.69) is 40.7 Å². The number of aliphatic hydroxyl groups excluding tert-OH is 1. The Balaban J connectivity index is 0. The van der Waals surface area contributed by atoms with Crippen LogP contribution in [0.3, 0.4) is 0 Å². The van der Waals surface area contributed by atoms with Crippen LogP contribution in [-0.2, 0) is 4.79 Å². The standard InChI is InChI=1S/C14H28O2.C13H24O/c1-2-3-4-5-6-7-8-9-10-11-12-13-14(15)16;1-11(2)10-13(4)7-5-6-12(3)8-9-14/h2-13H2,1H3,(H,15,16);7-8,11,14H,5-6,9-10H2,1-4H3/b;12-8+,13-7?. The molecule has 0 unspecified atom stereocenters. The Labute approximate surface area is 188 Å². The molecule has 0 saturated heterocycles. The van der Waals surface area contributed by atoms with Crippen LogP contribution in [0.2, 0.25) is 0 Å². The Morgan fingerprint density at radius 1 is 0.767 bits per heavy atom. The largest absolute Gasteiger partial charge is 0.481 e. The van der Waals surface area contributed by atoms with Gasteiger partial charge in [0.15, 0.2) is 0 Å². The van der Waals surface area contributed by atoms with Gasteiger partial charge >= 0.3 is 5.97 Å². The van der Waals surface area contributed by atoms with Gasteiger partial charge in [0, 0.05) is 6.42 Å². The number of carboxylic acid groups (broad SMARTS) is 1. The lowest BCUT2D eigenvalue weighted by molar-refractivity contribution is -0.137. The van der Waals surface area contributed by atoms with Crippen molar-refractivity contribution >= 4 is 5.97 Å². The third kappa shape index (κ3) is 29.1. The molecule has 0 spiro atoms. The number of carbonyl (C=O) groups is 1. The number of aliphatic hydroxyl groups is 1. The molecule has 0 atom stereocenters. The molecule has 30 heavy (non-hydrogen) atoms. The zero-order valence-corrected chi connectivity index (χ0v) is 20.8. The van der Waals surface area contributed by atoms with Crippen LogP contribution < -0.4 is 0 Å². The molecule has 0 aromatic carbocycles. The second-order valence-corrected chi connectivity index (χ2v) is 9.10. The third-order valence-electron chi connectivity index (χ3n) is 5.20. The van der Waals surface area contributed by atoms with E-state index in [0.29, 0.717) is 6.42 Å². The molecule has 3 heteroatoms. The quantitative estimate of drug-likeness (QED) is 0.171. The van der Waals surface area contributed by atoms with E-state index in [-0.39, 0.29) is 6.61 Å². The molecular weight excluding hydrogens is 372 g/mol. The summed E-state index contributed by atoms with van der Waals surface area (Å²) in [5.41, 5.74) is 2.76. The van der Waals surface area contributed by atoms with E-state index in [1.807, 2.05) is 6.08 Å². The summed E-state index contributed by atoms with van der Waals surface area (Å²) in [5.74, 6) is 0.0938. The van der Waals surface area contributed by atoms with E-state index in [9.17, 15) is 4.79 Å². The minimum atomic E-state index is -0.657. The van der Waals surface area contributed by atoms with E-state index in [1.54, 1.807) is 0 Å². The van der Waals surface area contributed by atoms with Crippen LogP contribution in [0.5, 0.6) is 0 Å². The average molecular weight is 425 g/mol. The highest BCUT2D eigenvalue weighted by molar-refractivity contribution is 5.66. The highest BCUT2D eigenvalue weighted by atomic mass is 16.4. The fraction of sp³-hybridized carbons (Fsp3) is 0.815. The number of allylic oxidation sites excluding steroid dienone is 3. The van der Waals surface area contributed by atoms with Crippen molar-refractivity contribution in [1.29, 1.82) is 0 Å². The number of rotatable bonds is 18. The predicted octanol–water partition coefficient (Wildman–Crippen LogP) is 8.47. The number of hydrogen-bond acceptors (Lipinski definition) is 2. The summed E-state index contributed by atoms with van der Waals surface area (Å²) in [6, 6.07) is 0. The van der Waals surface area contributed by atoms with Gasteiger partial charge in [-0.15, -0.1) is 0 Å². The molecule has 2 N–H and O–H groups in total. The zero-order chi connectivity index (χ0) is 23.0. The first kappa shape index (κ1) is 31.1. The van der Waals surface area contributed by atoms with Gasteiger partial charge in [0.25, 0.3) is 0 Å². The summed E-state index contributed by atoms with van der Waals surface area (Å²) in [7, 11) is 0. The van der Waals surface area contributed by atoms with Gasteiger partial charge in [-0.1, -0.05) is 108 Å². The topological polar surface area (TPSA) is 57.5 Å². The normalized spacial score (nSPS) is 12.1. The maximum Gasteiger partial charge on any atom is 0.303 e. The molecule has 0 aliphatic carbocycles. The minimum absolute atomic E-state index is 0.167. The van der Waals surface area contributed by atoms with Gasteiger partial charge < -0.3 is 10.2 Å². The number of carboxylic acids is 1. The Bertz CT molecular complexity index is 435. The fourth-order valence-electron chi connectivity index (χ4n) is 3.47. The van der Waals surface area contributed by atoms with Crippen molar-refractivity contribution in [2.24, 2.45) is 5.92 Å². The van der Waals surface area contributed by atoms with E-state index in [1.165, 1.54) is 75.4 Å². The van der Waals surface area contributed by atoms with Gasteiger partial charge in [-0.05, 0) is 45.4 Å². The predicted molar refractivity (Wildman–Crippen MR) is 132 cm³/mol. The molecule has 0 radical (unpaired) electrons. The molecule has 0 aliphatic rings. The van der Waals surface area contributed by atoms with Crippen molar-refractivity contribution in [2.45, 2.75) is 131 Å².